The molecule has 0 atom stereocenters. The summed E-state index contributed by atoms with van der Waals surface area (Å²) >= 11 is 4.50. The van der Waals surface area contributed by atoms with Gasteiger partial charge >= 0.3 is 0 Å². The molecular formula is C14H17BrN4O3S2. The van der Waals surface area contributed by atoms with Crippen LogP contribution in [0.1, 0.15) is 35.1 Å². The second-order valence-corrected chi connectivity index (χ2v) is 9.47. The number of carbonyl (C=O) groups is 1. The fourth-order valence-corrected chi connectivity index (χ4v) is 4.31. The maximum Gasteiger partial charge on any atom is 0.257 e. The minimum absolute atomic E-state index is 0.0280. The number of nitrogens with zero attached hydrogens (tertiary/aromatic N) is 3. The fourth-order valence-electron chi connectivity index (χ4n) is 1.73. The van der Waals surface area contributed by atoms with E-state index in [0.717, 1.165) is 9.31 Å². The van der Waals surface area contributed by atoms with Gasteiger partial charge in [-0.05, 0) is 34.1 Å². The Morgan fingerprint density at radius 1 is 1.29 bits per heavy atom. The molecule has 2 rings (SSSR count). The van der Waals surface area contributed by atoms with Crippen LogP contribution in [0.2, 0.25) is 0 Å². The van der Waals surface area contributed by atoms with Crippen LogP contribution in [-0.2, 0) is 10.0 Å². The summed E-state index contributed by atoms with van der Waals surface area (Å²) in [5.41, 5.74) is 0.222. The van der Waals surface area contributed by atoms with Crippen LogP contribution in [0.25, 0.3) is 0 Å². The summed E-state index contributed by atoms with van der Waals surface area (Å²) in [6.45, 7) is 3.97. The van der Waals surface area contributed by atoms with E-state index in [-0.39, 0.29) is 16.4 Å². The van der Waals surface area contributed by atoms with Gasteiger partial charge in [-0.1, -0.05) is 25.2 Å². The monoisotopic (exact) mass is 432 g/mol. The topological polar surface area (TPSA) is 92.3 Å². The third-order valence-corrected chi connectivity index (χ3v) is 7.06. The molecule has 7 nitrogen and oxygen atoms in total. The minimum Gasteiger partial charge on any atom is -0.296 e. The van der Waals surface area contributed by atoms with E-state index < -0.39 is 15.9 Å². The van der Waals surface area contributed by atoms with E-state index >= 15 is 0 Å². The van der Waals surface area contributed by atoms with Crippen molar-refractivity contribution in [3.05, 3.63) is 33.2 Å². The van der Waals surface area contributed by atoms with E-state index in [1.165, 1.54) is 37.6 Å². The van der Waals surface area contributed by atoms with Crippen LogP contribution in [0.5, 0.6) is 0 Å². The predicted molar refractivity (Wildman–Crippen MR) is 97.0 cm³/mol. The Bertz CT molecular complexity index is 863. The van der Waals surface area contributed by atoms with Gasteiger partial charge in [0.1, 0.15) is 5.01 Å². The molecule has 0 radical (unpaired) electrons. The number of anilines is 1. The Kier molecular flexibility index (Phi) is 5.74. The normalized spacial score (nSPS) is 12.0. The number of rotatable bonds is 5. The molecule has 0 unspecified atom stereocenters. The van der Waals surface area contributed by atoms with Crippen LogP contribution < -0.4 is 5.32 Å². The molecule has 24 heavy (non-hydrogen) atoms. The highest BCUT2D eigenvalue weighted by Gasteiger charge is 2.22. The number of halogens is 1. The average Bonchev–Trinajstić information content (AvgIpc) is 2.96. The van der Waals surface area contributed by atoms with E-state index in [1.54, 1.807) is 6.07 Å². The fraction of sp³-hybridized carbons (Fsp3) is 0.357. The third kappa shape index (κ3) is 4.00. The van der Waals surface area contributed by atoms with E-state index in [4.69, 9.17) is 0 Å². The predicted octanol–water partition coefficient (Wildman–Crippen LogP) is 2.93. The van der Waals surface area contributed by atoms with Gasteiger partial charge in [-0.25, -0.2) is 12.7 Å². The van der Waals surface area contributed by atoms with Crippen LogP contribution >= 0.6 is 27.3 Å². The molecule has 2 aromatic rings. The van der Waals surface area contributed by atoms with Gasteiger partial charge in [0.2, 0.25) is 15.2 Å². The van der Waals surface area contributed by atoms with Crippen LogP contribution in [0, 0.1) is 0 Å². The number of hydrogen-bond donors (Lipinski definition) is 1. The van der Waals surface area contributed by atoms with Crippen molar-refractivity contribution in [2.24, 2.45) is 0 Å². The van der Waals surface area contributed by atoms with E-state index in [1.807, 2.05) is 13.8 Å². The SMILES string of the molecule is CC(C)c1nnc(NC(=O)c2ccc(Br)c(S(=O)(=O)N(C)C)c2)s1. The van der Waals surface area contributed by atoms with Crippen LogP contribution in [0.4, 0.5) is 5.13 Å². The lowest BCUT2D eigenvalue weighted by Crippen LogP contribution is -2.23. The molecular weight excluding hydrogens is 416 g/mol. The molecule has 0 saturated heterocycles. The Balaban J connectivity index is 2.30. The highest BCUT2D eigenvalue weighted by atomic mass is 79.9. The molecule has 1 aromatic carbocycles. The maximum absolute atomic E-state index is 12.4. The van der Waals surface area contributed by atoms with Crippen molar-refractivity contribution >= 4 is 48.3 Å². The Labute approximate surface area is 153 Å². The minimum atomic E-state index is -3.66. The second kappa shape index (κ2) is 7.26. The van der Waals surface area contributed by atoms with Gasteiger partial charge in [0.05, 0.1) is 4.90 Å². The molecule has 1 aromatic heterocycles. The largest absolute Gasteiger partial charge is 0.296 e. The summed E-state index contributed by atoms with van der Waals surface area (Å²) in [4.78, 5) is 12.4. The van der Waals surface area contributed by atoms with Crippen molar-refractivity contribution in [2.75, 3.05) is 19.4 Å². The average molecular weight is 433 g/mol. The molecule has 0 aliphatic carbocycles. The van der Waals surface area contributed by atoms with Gasteiger partial charge in [-0.2, -0.15) is 0 Å². The van der Waals surface area contributed by atoms with E-state index in [0.29, 0.717) is 9.60 Å². The molecule has 0 aliphatic heterocycles. The van der Waals surface area contributed by atoms with Gasteiger partial charge in [-0.3, -0.25) is 10.1 Å². The highest BCUT2D eigenvalue weighted by Crippen LogP contribution is 2.26. The first-order valence-electron chi connectivity index (χ1n) is 6.99. The highest BCUT2D eigenvalue weighted by molar-refractivity contribution is 9.10. The van der Waals surface area contributed by atoms with Crippen molar-refractivity contribution in [3.63, 3.8) is 0 Å². The van der Waals surface area contributed by atoms with Crippen molar-refractivity contribution in [1.29, 1.82) is 0 Å². The quantitative estimate of drug-likeness (QED) is 0.783. The van der Waals surface area contributed by atoms with Crippen molar-refractivity contribution in [1.82, 2.24) is 14.5 Å². The number of hydrogen-bond acceptors (Lipinski definition) is 6. The first kappa shape index (κ1) is 19.0. The maximum atomic E-state index is 12.4. The zero-order chi connectivity index (χ0) is 18.1. The van der Waals surface area contributed by atoms with Crippen LogP contribution in [0.3, 0.4) is 0 Å². The van der Waals surface area contributed by atoms with Gasteiger partial charge in [0, 0.05) is 30.0 Å². The van der Waals surface area contributed by atoms with Gasteiger partial charge in [-0.15, -0.1) is 10.2 Å². The molecule has 0 spiro atoms. The molecule has 0 aliphatic rings. The molecule has 0 saturated carbocycles. The summed E-state index contributed by atoms with van der Waals surface area (Å²) < 4.78 is 26.1. The Hall–Kier alpha value is -1.36. The molecule has 10 heteroatoms. The van der Waals surface area contributed by atoms with Crippen LogP contribution in [-0.4, -0.2) is 42.9 Å². The lowest BCUT2D eigenvalue weighted by molar-refractivity contribution is 0.102. The van der Waals surface area contributed by atoms with Crippen molar-refractivity contribution < 1.29 is 13.2 Å². The first-order valence-corrected chi connectivity index (χ1v) is 10.0. The number of carbonyl (C=O) groups excluding carboxylic acids is 1. The standard InChI is InChI=1S/C14H17BrN4O3S2/c1-8(2)13-17-18-14(23-13)16-12(20)9-5-6-10(15)11(7-9)24(21,22)19(3)4/h5-8H,1-4H3,(H,16,18,20). The smallest absolute Gasteiger partial charge is 0.257 e. The summed E-state index contributed by atoms with van der Waals surface area (Å²) in [5.74, 6) is -0.221. The number of amides is 1. The Morgan fingerprint density at radius 3 is 2.50 bits per heavy atom. The second-order valence-electron chi connectivity index (χ2n) is 5.49. The van der Waals surface area contributed by atoms with Gasteiger partial charge in [0.15, 0.2) is 0 Å². The zero-order valence-electron chi connectivity index (χ0n) is 13.6. The molecule has 130 valence electrons. The summed E-state index contributed by atoms with van der Waals surface area (Å²) in [5, 5.41) is 11.8. The molecule has 1 N–H and O–H groups in total. The molecule has 1 amide bonds. The summed E-state index contributed by atoms with van der Waals surface area (Å²) in [6.07, 6.45) is 0. The van der Waals surface area contributed by atoms with E-state index in [2.05, 4.69) is 31.4 Å². The molecule has 1 heterocycles. The number of benzene rings is 1. The van der Waals surface area contributed by atoms with Gasteiger partial charge in [0.25, 0.3) is 5.91 Å². The van der Waals surface area contributed by atoms with E-state index in [9.17, 15) is 13.2 Å². The van der Waals surface area contributed by atoms with Crippen molar-refractivity contribution in [2.45, 2.75) is 24.7 Å². The number of sulfonamides is 1. The summed E-state index contributed by atoms with van der Waals surface area (Å²) in [6, 6.07) is 4.41. The number of nitrogens with one attached hydrogen (secondary N) is 1. The lowest BCUT2D eigenvalue weighted by Gasteiger charge is -2.13. The molecule has 0 fully saturated rings. The zero-order valence-corrected chi connectivity index (χ0v) is 16.8. The lowest BCUT2D eigenvalue weighted by atomic mass is 10.2. The summed E-state index contributed by atoms with van der Waals surface area (Å²) in [7, 11) is -0.795. The van der Waals surface area contributed by atoms with Gasteiger partial charge < -0.3 is 0 Å². The Morgan fingerprint density at radius 2 is 1.96 bits per heavy atom. The third-order valence-electron chi connectivity index (χ3n) is 3.11. The molecule has 0 bridgehead atoms. The van der Waals surface area contributed by atoms with Crippen molar-refractivity contribution in [3.8, 4) is 0 Å². The first-order chi connectivity index (χ1) is 11.1. The number of aromatic nitrogens is 2. The van der Waals surface area contributed by atoms with Crippen LogP contribution in [0.15, 0.2) is 27.6 Å².